The average molecular weight is 538 g/mol. The van der Waals surface area contributed by atoms with E-state index in [-0.39, 0.29) is 34.4 Å². The van der Waals surface area contributed by atoms with E-state index in [0.717, 1.165) is 57.1 Å². The predicted molar refractivity (Wildman–Crippen MR) is 158 cm³/mol. The van der Waals surface area contributed by atoms with Gasteiger partial charge in [-0.05, 0) is 98.7 Å². The summed E-state index contributed by atoms with van der Waals surface area (Å²) in [4.78, 5) is 36.0. The number of hydrogen-bond donors (Lipinski definition) is 1. The number of amides is 1. The summed E-state index contributed by atoms with van der Waals surface area (Å²) in [5, 5.41) is 9.50. The molecule has 2 fully saturated rings. The first-order chi connectivity index (χ1) is 18.1. The lowest BCUT2D eigenvalue weighted by atomic mass is 9.69. The Kier molecular flexibility index (Phi) is 8.27. The first-order valence-electron chi connectivity index (χ1n) is 15.2. The van der Waals surface area contributed by atoms with Crippen LogP contribution in [0.15, 0.2) is 29.3 Å². The molecule has 216 valence electrons. The van der Waals surface area contributed by atoms with Gasteiger partial charge in [-0.1, -0.05) is 60.6 Å². The summed E-state index contributed by atoms with van der Waals surface area (Å²) >= 11 is 0. The van der Waals surface area contributed by atoms with Crippen molar-refractivity contribution in [1.82, 2.24) is 9.80 Å². The number of hydrogen-bond acceptors (Lipinski definition) is 4. The molecule has 3 aliphatic rings. The highest BCUT2D eigenvalue weighted by Gasteiger charge is 2.54. The molecule has 39 heavy (non-hydrogen) atoms. The molecule has 1 N–H and O–H groups in total. The number of carbonyl (C=O) groups excluding carboxylic acids is 1. The van der Waals surface area contributed by atoms with Gasteiger partial charge in [0.15, 0.2) is 5.84 Å². The van der Waals surface area contributed by atoms with E-state index in [9.17, 15) is 14.7 Å². The minimum atomic E-state index is -0.930. The molecule has 3 atom stereocenters. The fourth-order valence-electron chi connectivity index (χ4n) is 7.01. The van der Waals surface area contributed by atoms with Crippen molar-refractivity contribution >= 4 is 17.7 Å². The number of carboxylic acids is 1. The number of piperidine rings is 1. The number of carboxylic acid groups (broad SMARTS) is 1. The Balaban J connectivity index is 1.77. The normalized spacial score (nSPS) is 29.1. The number of carbonyl (C=O) groups is 2. The number of likely N-dealkylation sites (tertiary alicyclic amines) is 1. The van der Waals surface area contributed by atoms with Gasteiger partial charge in [0.25, 0.3) is 5.91 Å². The fraction of sp³-hybridized carbons (Fsp3) is 0.727. The van der Waals surface area contributed by atoms with E-state index in [1.165, 1.54) is 6.42 Å². The van der Waals surface area contributed by atoms with Crippen molar-refractivity contribution in [1.29, 1.82) is 0 Å². The van der Waals surface area contributed by atoms with E-state index >= 15 is 0 Å². The van der Waals surface area contributed by atoms with Crippen molar-refractivity contribution in [3.8, 4) is 0 Å². The number of aromatic carboxylic acids is 1. The van der Waals surface area contributed by atoms with Gasteiger partial charge in [0, 0.05) is 12.6 Å². The molecule has 1 aliphatic carbocycles. The maximum Gasteiger partial charge on any atom is 0.335 e. The van der Waals surface area contributed by atoms with Crippen LogP contribution in [0.2, 0.25) is 0 Å². The second-order valence-electron chi connectivity index (χ2n) is 14.8. The summed E-state index contributed by atoms with van der Waals surface area (Å²) in [5.41, 5.74) is 1.08. The lowest BCUT2D eigenvalue weighted by Crippen LogP contribution is -2.53. The molecular formula is C33H51N3O3. The smallest absolute Gasteiger partial charge is 0.335 e. The SMILES string of the molecule is CC1CCCN(C2=NC3(CCC(C(C)(C)C)CC3)N(C(CCC(C)(C)C)c3ccc(C(=O)O)cc3)C2=O)C1C. The zero-order chi connectivity index (χ0) is 28.8. The van der Waals surface area contributed by atoms with E-state index in [0.29, 0.717) is 17.7 Å². The lowest BCUT2D eigenvalue weighted by molar-refractivity contribution is -0.134. The number of rotatable bonds is 5. The second kappa shape index (κ2) is 10.9. The van der Waals surface area contributed by atoms with Crippen molar-refractivity contribution < 1.29 is 14.7 Å². The van der Waals surface area contributed by atoms with Gasteiger partial charge in [-0.25, -0.2) is 9.79 Å². The van der Waals surface area contributed by atoms with Gasteiger partial charge < -0.3 is 14.9 Å². The van der Waals surface area contributed by atoms with Gasteiger partial charge in [-0.3, -0.25) is 4.79 Å². The summed E-state index contributed by atoms with van der Waals surface area (Å²) in [7, 11) is 0. The molecule has 2 aliphatic heterocycles. The number of aliphatic imine (C=N–C) groups is 1. The van der Waals surface area contributed by atoms with Crippen molar-refractivity contribution in [2.24, 2.45) is 27.7 Å². The Bertz CT molecular complexity index is 1070. The number of amidine groups is 1. The third-order valence-electron chi connectivity index (χ3n) is 9.85. The fourth-order valence-corrected chi connectivity index (χ4v) is 7.01. The van der Waals surface area contributed by atoms with Crippen LogP contribution in [0.3, 0.4) is 0 Å². The van der Waals surface area contributed by atoms with E-state index < -0.39 is 11.6 Å². The molecule has 1 spiro atoms. The van der Waals surface area contributed by atoms with Gasteiger partial charge >= 0.3 is 5.97 Å². The lowest BCUT2D eigenvalue weighted by Gasteiger charge is -2.47. The molecule has 3 unspecified atom stereocenters. The molecule has 1 saturated heterocycles. The minimum absolute atomic E-state index is 0.0615. The molecule has 4 rings (SSSR count). The molecule has 0 aromatic heterocycles. The average Bonchev–Trinajstić information content (AvgIpc) is 3.12. The molecule has 1 saturated carbocycles. The summed E-state index contributed by atoms with van der Waals surface area (Å²) in [5.74, 6) is 0.922. The van der Waals surface area contributed by atoms with Crippen molar-refractivity contribution in [2.45, 2.75) is 125 Å². The predicted octanol–water partition coefficient (Wildman–Crippen LogP) is 7.55. The second-order valence-corrected chi connectivity index (χ2v) is 14.8. The van der Waals surface area contributed by atoms with Crippen LogP contribution in [0.5, 0.6) is 0 Å². The first kappa shape index (κ1) is 29.6. The molecule has 6 heteroatoms. The van der Waals surface area contributed by atoms with Gasteiger partial charge in [0.1, 0.15) is 5.66 Å². The molecule has 0 bridgehead atoms. The van der Waals surface area contributed by atoms with Gasteiger partial charge in [0.2, 0.25) is 0 Å². The van der Waals surface area contributed by atoms with Gasteiger partial charge in [0.05, 0.1) is 11.6 Å². The quantitative estimate of drug-likeness (QED) is 0.421. The highest BCUT2D eigenvalue weighted by Crippen LogP contribution is 2.50. The monoisotopic (exact) mass is 537 g/mol. The zero-order valence-corrected chi connectivity index (χ0v) is 25.6. The highest BCUT2D eigenvalue weighted by molar-refractivity contribution is 6.39. The maximum absolute atomic E-state index is 14.6. The molecule has 1 amide bonds. The molecule has 6 nitrogen and oxygen atoms in total. The molecule has 2 heterocycles. The number of benzene rings is 1. The van der Waals surface area contributed by atoms with Crippen LogP contribution in [-0.2, 0) is 4.79 Å². The van der Waals surface area contributed by atoms with E-state index in [1.807, 2.05) is 12.1 Å². The number of nitrogens with zero attached hydrogens (tertiary/aromatic N) is 3. The summed E-state index contributed by atoms with van der Waals surface area (Å²) in [6, 6.07) is 7.34. The molecule has 0 radical (unpaired) electrons. The van der Waals surface area contributed by atoms with Crippen LogP contribution in [0.1, 0.15) is 129 Å². The maximum atomic E-state index is 14.6. The van der Waals surface area contributed by atoms with Crippen LogP contribution in [0.25, 0.3) is 0 Å². The zero-order valence-electron chi connectivity index (χ0n) is 25.6. The van der Waals surface area contributed by atoms with Crippen LogP contribution in [0.4, 0.5) is 0 Å². The van der Waals surface area contributed by atoms with E-state index in [2.05, 4.69) is 65.2 Å². The van der Waals surface area contributed by atoms with E-state index in [4.69, 9.17) is 4.99 Å². The Labute approximate surface area is 236 Å². The first-order valence-corrected chi connectivity index (χ1v) is 15.2. The molecule has 1 aromatic carbocycles. The Hall–Kier alpha value is -2.37. The third-order valence-corrected chi connectivity index (χ3v) is 9.85. The van der Waals surface area contributed by atoms with E-state index in [1.54, 1.807) is 12.1 Å². The Morgan fingerprint density at radius 2 is 1.67 bits per heavy atom. The summed E-state index contributed by atoms with van der Waals surface area (Å²) < 4.78 is 0. The van der Waals surface area contributed by atoms with Crippen LogP contribution in [-0.4, -0.2) is 50.9 Å². The van der Waals surface area contributed by atoms with Crippen LogP contribution < -0.4 is 0 Å². The van der Waals surface area contributed by atoms with Crippen molar-refractivity contribution in [3.63, 3.8) is 0 Å². The van der Waals surface area contributed by atoms with Gasteiger partial charge in [-0.15, -0.1) is 0 Å². The van der Waals surface area contributed by atoms with Gasteiger partial charge in [-0.2, -0.15) is 0 Å². The van der Waals surface area contributed by atoms with Crippen LogP contribution in [0, 0.1) is 22.7 Å². The van der Waals surface area contributed by atoms with Crippen molar-refractivity contribution in [3.05, 3.63) is 35.4 Å². The van der Waals surface area contributed by atoms with Crippen LogP contribution >= 0.6 is 0 Å². The molecule has 1 aromatic rings. The topological polar surface area (TPSA) is 73.2 Å². The third kappa shape index (κ3) is 6.20. The summed E-state index contributed by atoms with van der Waals surface area (Å²) in [6.45, 7) is 19.1. The Morgan fingerprint density at radius 1 is 1.05 bits per heavy atom. The highest BCUT2D eigenvalue weighted by atomic mass is 16.4. The largest absolute Gasteiger partial charge is 0.478 e. The summed E-state index contributed by atoms with van der Waals surface area (Å²) in [6.07, 6.45) is 7.91. The van der Waals surface area contributed by atoms with Crippen molar-refractivity contribution in [2.75, 3.05) is 6.54 Å². The minimum Gasteiger partial charge on any atom is -0.478 e. The standard InChI is InChI=1S/C33H51N3O3/c1-22-10-9-21-35(23(22)2)28-29(37)36(33(34-28)19-15-26(16-20-33)32(6,7)8)27(17-18-31(3,4)5)24-11-13-25(14-12-24)30(38)39/h11-14,22-23,26-27H,9-10,15-21H2,1-8H3,(H,38,39). The Morgan fingerprint density at radius 3 is 2.21 bits per heavy atom. The molecular weight excluding hydrogens is 486 g/mol.